The lowest BCUT2D eigenvalue weighted by molar-refractivity contribution is 0.0958. The highest BCUT2D eigenvalue weighted by molar-refractivity contribution is 7.22. The first-order valence-corrected chi connectivity index (χ1v) is 10.3. The molecule has 4 aromatic rings. The predicted octanol–water partition coefficient (Wildman–Crippen LogP) is 4.50. The lowest BCUT2D eigenvalue weighted by atomic mass is 10.3. The molecule has 2 aromatic heterocycles. The Labute approximate surface area is 187 Å². The molecule has 3 N–H and O–H groups in total. The Morgan fingerprint density at radius 3 is 2.47 bits per heavy atom. The van der Waals surface area contributed by atoms with E-state index in [0.717, 1.165) is 16.0 Å². The van der Waals surface area contributed by atoms with E-state index < -0.39 is 6.03 Å². The highest BCUT2D eigenvalue weighted by Gasteiger charge is 2.10. The number of carbonyl (C=O) groups excluding carboxylic acids is 2. The number of amides is 3. The number of anilines is 2. The summed E-state index contributed by atoms with van der Waals surface area (Å²) in [6.07, 6.45) is 1.50. The lowest BCUT2D eigenvalue weighted by Crippen LogP contribution is -2.19. The molecule has 0 fully saturated rings. The number of benzene rings is 2. The van der Waals surface area contributed by atoms with Crippen LogP contribution in [0.1, 0.15) is 10.5 Å². The number of aromatic nitrogens is 2. The smallest absolute Gasteiger partial charge is 0.325 e. The normalized spacial score (nSPS) is 10.4. The number of ether oxygens (including phenoxy) is 2. The first kappa shape index (κ1) is 21.1. The topological polar surface area (TPSA) is 114 Å². The van der Waals surface area contributed by atoms with Crippen LogP contribution in [0.4, 0.5) is 15.6 Å². The van der Waals surface area contributed by atoms with Crippen LogP contribution in [0.3, 0.4) is 0 Å². The van der Waals surface area contributed by atoms with Crippen molar-refractivity contribution >= 4 is 44.3 Å². The SMILES string of the molecule is CNC(=O)c1cc(Oc2ccc(NC(=O)Nc3nc4ccc(OC)cc4s3)cc2)ccn1. The standard InChI is InChI=1S/C22H19N5O4S/c1-23-20(28)18-11-16(9-10-24-18)31-14-5-3-13(4-6-14)25-21(29)27-22-26-17-8-7-15(30-2)12-19(17)32-22/h3-12H,1-2H3,(H,23,28)(H2,25,26,27,29). The summed E-state index contributed by atoms with van der Waals surface area (Å²) in [5.74, 6) is 1.46. The third-order valence-electron chi connectivity index (χ3n) is 4.36. The van der Waals surface area contributed by atoms with E-state index in [9.17, 15) is 9.59 Å². The van der Waals surface area contributed by atoms with E-state index >= 15 is 0 Å². The molecule has 0 saturated carbocycles. The molecule has 0 radical (unpaired) electrons. The van der Waals surface area contributed by atoms with Gasteiger partial charge in [0.15, 0.2) is 5.13 Å². The molecular formula is C22H19N5O4S. The summed E-state index contributed by atoms with van der Waals surface area (Å²) in [7, 11) is 3.14. The van der Waals surface area contributed by atoms with E-state index in [4.69, 9.17) is 9.47 Å². The zero-order chi connectivity index (χ0) is 22.5. The van der Waals surface area contributed by atoms with E-state index in [1.54, 1.807) is 43.5 Å². The Balaban J connectivity index is 1.37. The number of urea groups is 1. The van der Waals surface area contributed by atoms with Crippen LogP contribution in [-0.4, -0.2) is 36.1 Å². The van der Waals surface area contributed by atoms with E-state index in [-0.39, 0.29) is 11.6 Å². The van der Waals surface area contributed by atoms with Crippen LogP contribution in [-0.2, 0) is 0 Å². The van der Waals surface area contributed by atoms with Crippen LogP contribution in [0.2, 0.25) is 0 Å². The third-order valence-corrected chi connectivity index (χ3v) is 5.29. The molecule has 10 heteroatoms. The van der Waals surface area contributed by atoms with Gasteiger partial charge in [0, 0.05) is 25.0 Å². The molecule has 0 aliphatic rings. The quantitative estimate of drug-likeness (QED) is 0.399. The largest absolute Gasteiger partial charge is 0.497 e. The Morgan fingerprint density at radius 2 is 1.72 bits per heavy atom. The van der Waals surface area contributed by atoms with Gasteiger partial charge in [0.05, 0.1) is 17.3 Å². The van der Waals surface area contributed by atoms with E-state index in [1.807, 2.05) is 18.2 Å². The summed E-state index contributed by atoms with van der Waals surface area (Å²) in [6, 6.07) is 15.2. The number of fused-ring (bicyclic) bond motifs is 1. The number of pyridine rings is 1. The van der Waals surface area contributed by atoms with Crippen LogP contribution in [0, 0.1) is 0 Å². The van der Waals surface area contributed by atoms with Gasteiger partial charge in [-0.15, -0.1) is 0 Å². The number of nitrogens with zero attached hydrogens (tertiary/aromatic N) is 2. The van der Waals surface area contributed by atoms with Crippen molar-refractivity contribution in [1.82, 2.24) is 15.3 Å². The first-order valence-electron chi connectivity index (χ1n) is 9.52. The number of rotatable bonds is 6. The molecule has 4 rings (SSSR count). The summed E-state index contributed by atoms with van der Waals surface area (Å²) in [5, 5.41) is 8.49. The van der Waals surface area contributed by atoms with Crippen molar-refractivity contribution in [3.63, 3.8) is 0 Å². The van der Waals surface area contributed by atoms with Gasteiger partial charge in [-0.3, -0.25) is 15.1 Å². The van der Waals surface area contributed by atoms with Crippen LogP contribution in [0.15, 0.2) is 60.8 Å². The fraction of sp³-hybridized carbons (Fsp3) is 0.0909. The van der Waals surface area contributed by atoms with Crippen molar-refractivity contribution in [2.45, 2.75) is 0 Å². The van der Waals surface area contributed by atoms with Crippen molar-refractivity contribution in [3.8, 4) is 17.2 Å². The van der Waals surface area contributed by atoms with Crippen molar-refractivity contribution in [2.24, 2.45) is 0 Å². The van der Waals surface area contributed by atoms with E-state index in [0.29, 0.717) is 22.3 Å². The van der Waals surface area contributed by atoms with Crippen LogP contribution in [0.5, 0.6) is 17.2 Å². The van der Waals surface area contributed by atoms with Crippen molar-refractivity contribution in [1.29, 1.82) is 0 Å². The van der Waals surface area contributed by atoms with Gasteiger partial charge in [-0.2, -0.15) is 0 Å². The molecule has 0 bridgehead atoms. The maximum Gasteiger partial charge on any atom is 0.325 e. The minimum absolute atomic E-state index is 0.258. The lowest BCUT2D eigenvalue weighted by Gasteiger charge is -2.09. The molecule has 162 valence electrons. The van der Waals surface area contributed by atoms with Gasteiger partial charge < -0.3 is 20.1 Å². The molecular weight excluding hydrogens is 430 g/mol. The molecule has 2 aromatic carbocycles. The molecule has 0 unspecified atom stereocenters. The summed E-state index contributed by atoms with van der Waals surface area (Å²) < 4.78 is 11.9. The van der Waals surface area contributed by atoms with Gasteiger partial charge in [-0.25, -0.2) is 9.78 Å². The number of thiazole rings is 1. The Bertz CT molecular complexity index is 1270. The number of hydrogen-bond donors (Lipinski definition) is 3. The minimum atomic E-state index is -0.408. The Morgan fingerprint density at radius 1 is 0.938 bits per heavy atom. The summed E-state index contributed by atoms with van der Waals surface area (Å²) >= 11 is 1.36. The summed E-state index contributed by atoms with van der Waals surface area (Å²) in [4.78, 5) is 32.4. The second kappa shape index (κ2) is 9.31. The van der Waals surface area contributed by atoms with Gasteiger partial charge in [0.25, 0.3) is 5.91 Å². The molecule has 9 nitrogen and oxygen atoms in total. The first-order chi connectivity index (χ1) is 15.5. The fourth-order valence-electron chi connectivity index (χ4n) is 2.81. The molecule has 0 aliphatic heterocycles. The zero-order valence-corrected chi connectivity index (χ0v) is 18.0. The molecule has 0 spiro atoms. The zero-order valence-electron chi connectivity index (χ0n) is 17.2. The average molecular weight is 449 g/mol. The van der Waals surface area contributed by atoms with Crippen molar-refractivity contribution in [2.75, 3.05) is 24.8 Å². The van der Waals surface area contributed by atoms with Gasteiger partial charge in [-0.05, 0) is 48.5 Å². The van der Waals surface area contributed by atoms with Crippen LogP contribution in [0.25, 0.3) is 10.2 Å². The second-order valence-electron chi connectivity index (χ2n) is 6.51. The van der Waals surface area contributed by atoms with E-state index in [1.165, 1.54) is 24.6 Å². The van der Waals surface area contributed by atoms with Gasteiger partial charge >= 0.3 is 6.03 Å². The van der Waals surface area contributed by atoms with Gasteiger partial charge in [0.1, 0.15) is 22.9 Å². The van der Waals surface area contributed by atoms with Gasteiger partial charge in [-0.1, -0.05) is 11.3 Å². The molecule has 32 heavy (non-hydrogen) atoms. The van der Waals surface area contributed by atoms with Crippen molar-refractivity contribution < 1.29 is 19.1 Å². The van der Waals surface area contributed by atoms with Crippen LogP contribution >= 0.6 is 11.3 Å². The van der Waals surface area contributed by atoms with Crippen LogP contribution < -0.4 is 25.4 Å². The average Bonchev–Trinajstić information content (AvgIpc) is 3.21. The second-order valence-corrected chi connectivity index (χ2v) is 7.54. The molecule has 0 aliphatic carbocycles. The fourth-order valence-corrected chi connectivity index (χ4v) is 3.70. The number of hydrogen-bond acceptors (Lipinski definition) is 7. The monoisotopic (exact) mass is 449 g/mol. The Kier molecular flexibility index (Phi) is 6.13. The highest BCUT2D eigenvalue weighted by Crippen LogP contribution is 2.29. The maximum absolute atomic E-state index is 12.3. The maximum atomic E-state index is 12.3. The third kappa shape index (κ3) is 4.93. The molecule has 0 saturated heterocycles. The van der Waals surface area contributed by atoms with Crippen molar-refractivity contribution in [3.05, 3.63) is 66.5 Å². The van der Waals surface area contributed by atoms with Gasteiger partial charge in [0.2, 0.25) is 0 Å². The minimum Gasteiger partial charge on any atom is -0.497 e. The summed E-state index contributed by atoms with van der Waals surface area (Å²) in [5.41, 5.74) is 1.62. The predicted molar refractivity (Wildman–Crippen MR) is 123 cm³/mol. The van der Waals surface area contributed by atoms with E-state index in [2.05, 4.69) is 25.9 Å². The number of methoxy groups -OCH3 is 1. The Hall–Kier alpha value is -4.18. The molecule has 2 heterocycles. The molecule has 0 atom stereocenters. The number of carbonyl (C=O) groups is 2. The highest BCUT2D eigenvalue weighted by atomic mass is 32.1. The number of nitrogens with one attached hydrogen (secondary N) is 3. The molecule has 3 amide bonds. The summed E-state index contributed by atoms with van der Waals surface area (Å²) in [6.45, 7) is 0.